The molecule has 3 aromatic rings. The Bertz CT molecular complexity index is 1170. The van der Waals surface area contributed by atoms with Gasteiger partial charge in [-0.1, -0.05) is 75.4 Å². The first-order valence-electron chi connectivity index (χ1n) is 10.8. The van der Waals surface area contributed by atoms with Crippen molar-refractivity contribution in [1.82, 2.24) is 5.43 Å². The molecule has 0 fully saturated rings. The monoisotopic (exact) mass is 439 g/mol. The first-order chi connectivity index (χ1) is 15.7. The number of benzene rings is 3. The Morgan fingerprint density at radius 3 is 2.21 bits per heavy atom. The highest BCUT2D eigenvalue weighted by molar-refractivity contribution is 6.04. The van der Waals surface area contributed by atoms with E-state index in [9.17, 15) is 9.59 Å². The maximum Gasteiger partial charge on any atom is 0.271 e. The minimum absolute atomic E-state index is 0.0293. The van der Waals surface area contributed by atoms with Crippen molar-refractivity contribution >= 4 is 29.3 Å². The van der Waals surface area contributed by atoms with Crippen LogP contribution in [0, 0.1) is 0 Å². The summed E-state index contributed by atoms with van der Waals surface area (Å²) in [6, 6.07) is 24.5. The fraction of sp³-hybridized carbons (Fsp3) is 0.179. The van der Waals surface area contributed by atoms with Crippen LogP contribution in [0.15, 0.2) is 90.0 Å². The lowest BCUT2D eigenvalue weighted by Crippen LogP contribution is -2.20. The van der Waals surface area contributed by atoms with Gasteiger partial charge >= 0.3 is 0 Å². The van der Waals surface area contributed by atoms with Crippen LogP contribution >= 0.6 is 0 Å². The zero-order chi connectivity index (χ0) is 23.8. The third-order valence-electron chi connectivity index (χ3n) is 5.11. The van der Waals surface area contributed by atoms with Gasteiger partial charge in [-0.15, -0.1) is 0 Å². The van der Waals surface area contributed by atoms with Gasteiger partial charge in [-0.05, 0) is 59.4 Å². The molecule has 2 amide bonds. The SMILES string of the molecule is CC(=NNC(=O)c1ccc(C(C)(C)C)cc1)c1cccc(NC(=O)C=Cc2ccccc2)c1. The molecule has 33 heavy (non-hydrogen) atoms. The fourth-order valence-electron chi connectivity index (χ4n) is 3.13. The van der Waals surface area contributed by atoms with E-state index < -0.39 is 0 Å². The van der Waals surface area contributed by atoms with Crippen LogP contribution in [0.1, 0.15) is 54.7 Å². The highest BCUT2D eigenvalue weighted by atomic mass is 16.2. The first kappa shape index (κ1) is 23.7. The van der Waals surface area contributed by atoms with Crippen LogP contribution in [-0.2, 0) is 10.2 Å². The summed E-state index contributed by atoms with van der Waals surface area (Å²) in [5.74, 6) is -0.497. The summed E-state index contributed by atoms with van der Waals surface area (Å²) in [5.41, 5.74) is 7.37. The van der Waals surface area contributed by atoms with Crippen LogP contribution in [-0.4, -0.2) is 17.5 Å². The Balaban J connectivity index is 1.62. The zero-order valence-electron chi connectivity index (χ0n) is 19.4. The summed E-state index contributed by atoms with van der Waals surface area (Å²) in [4.78, 5) is 24.7. The third kappa shape index (κ3) is 7.01. The summed E-state index contributed by atoms with van der Waals surface area (Å²) in [5, 5.41) is 7.08. The quantitative estimate of drug-likeness (QED) is 0.290. The molecular formula is C28H29N3O2. The van der Waals surface area contributed by atoms with E-state index in [1.807, 2.05) is 60.7 Å². The molecule has 5 heteroatoms. The lowest BCUT2D eigenvalue weighted by Gasteiger charge is -2.18. The van der Waals surface area contributed by atoms with Gasteiger partial charge in [-0.3, -0.25) is 9.59 Å². The number of nitrogens with zero attached hydrogens (tertiary/aromatic N) is 1. The summed E-state index contributed by atoms with van der Waals surface area (Å²) in [6.07, 6.45) is 3.25. The number of nitrogens with one attached hydrogen (secondary N) is 2. The topological polar surface area (TPSA) is 70.6 Å². The average Bonchev–Trinajstić information content (AvgIpc) is 2.81. The van der Waals surface area contributed by atoms with E-state index in [-0.39, 0.29) is 17.2 Å². The lowest BCUT2D eigenvalue weighted by molar-refractivity contribution is -0.111. The highest BCUT2D eigenvalue weighted by Crippen LogP contribution is 2.22. The number of hydrogen-bond donors (Lipinski definition) is 2. The molecule has 5 nitrogen and oxygen atoms in total. The van der Waals surface area contributed by atoms with Gasteiger partial charge in [0.2, 0.25) is 5.91 Å². The Morgan fingerprint density at radius 1 is 0.848 bits per heavy atom. The number of hydrogen-bond acceptors (Lipinski definition) is 3. The smallest absolute Gasteiger partial charge is 0.271 e. The van der Waals surface area contributed by atoms with Crippen molar-refractivity contribution in [3.8, 4) is 0 Å². The van der Waals surface area contributed by atoms with Crippen molar-refractivity contribution in [1.29, 1.82) is 0 Å². The summed E-state index contributed by atoms with van der Waals surface area (Å²) >= 11 is 0. The maximum atomic E-state index is 12.5. The molecule has 0 heterocycles. The van der Waals surface area contributed by atoms with Gasteiger partial charge in [-0.25, -0.2) is 5.43 Å². The van der Waals surface area contributed by atoms with Crippen molar-refractivity contribution in [2.45, 2.75) is 33.1 Å². The largest absolute Gasteiger partial charge is 0.322 e. The minimum atomic E-state index is -0.273. The van der Waals surface area contributed by atoms with Gasteiger partial charge in [0.1, 0.15) is 0 Å². The fourth-order valence-corrected chi connectivity index (χ4v) is 3.13. The van der Waals surface area contributed by atoms with E-state index in [1.165, 1.54) is 6.08 Å². The van der Waals surface area contributed by atoms with Gasteiger partial charge in [0.15, 0.2) is 0 Å². The van der Waals surface area contributed by atoms with Crippen LogP contribution in [0.4, 0.5) is 5.69 Å². The van der Waals surface area contributed by atoms with E-state index in [1.54, 1.807) is 31.2 Å². The molecular weight excluding hydrogens is 410 g/mol. The normalized spacial score (nSPS) is 11.9. The number of carbonyl (C=O) groups is 2. The second-order valence-corrected chi connectivity index (χ2v) is 8.78. The molecule has 0 saturated heterocycles. The number of amides is 2. The molecule has 0 saturated carbocycles. The molecule has 0 bridgehead atoms. The molecule has 0 aliphatic rings. The predicted molar refractivity (Wildman–Crippen MR) is 135 cm³/mol. The maximum absolute atomic E-state index is 12.5. The van der Waals surface area contributed by atoms with Crippen LogP contribution in [0.25, 0.3) is 6.08 Å². The number of rotatable bonds is 6. The second kappa shape index (κ2) is 10.6. The molecule has 3 rings (SSSR count). The van der Waals surface area contributed by atoms with E-state index in [2.05, 4.69) is 36.6 Å². The van der Waals surface area contributed by atoms with Crippen LogP contribution in [0.5, 0.6) is 0 Å². The molecule has 0 aromatic heterocycles. The lowest BCUT2D eigenvalue weighted by atomic mass is 9.87. The molecule has 0 unspecified atom stereocenters. The van der Waals surface area contributed by atoms with Gasteiger partial charge < -0.3 is 5.32 Å². The molecule has 0 aliphatic heterocycles. The standard InChI is InChI=1S/C28H29N3O2/c1-20(30-31-27(33)22-14-16-24(17-15-22)28(2,3)4)23-11-8-12-25(19-23)29-26(32)18-13-21-9-6-5-7-10-21/h5-19H,1-4H3,(H,29,32)(H,31,33). The molecule has 2 N–H and O–H groups in total. The molecule has 0 spiro atoms. The van der Waals surface area contributed by atoms with Crippen LogP contribution in [0.3, 0.4) is 0 Å². The van der Waals surface area contributed by atoms with Gasteiger partial charge in [0.05, 0.1) is 5.71 Å². The highest BCUT2D eigenvalue weighted by Gasteiger charge is 2.14. The Labute approximate surface area is 195 Å². The Morgan fingerprint density at radius 2 is 1.55 bits per heavy atom. The van der Waals surface area contributed by atoms with E-state index in [0.29, 0.717) is 17.0 Å². The molecule has 0 radical (unpaired) electrons. The Hall–Kier alpha value is -3.99. The second-order valence-electron chi connectivity index (χ2n) is 8.78. The van der Waals surface area contributed by atoms with Gasteiger partial charge in [0.25, 0.3) is 5.91 Å². The van der Waals surface area contributed by atoms with E-state index in [0.717, 1.165) is 16.7 Å². The average molecular weight is 440 g/mol. The Kier molecular flexibility index (Phi) is 7.57. The summed E-state index contributed by atoms with van der Waals surface area (Å²) < 4.78 is 0. The predicted octanol–water partition coefficient (Wildman–Crippen LogP) is 5.79. The summed E-state index contributed by atoms with van der Waals surface area (Å²) in [6.45, 7) is 8.20. The van der Waals surface area contributed by atoms with Crippen molar-refractivity contribution in [2.75, 3.05) is 5.32 Å². The van der Waals surface area contributed by atoms with Crippen molar-refractivity contribution in [3.63, 3.8) is 0 Å². The molecule has 168 valence electrons. The molecule has 0 atom stereocenters. The zero-order valence-corrected chi connectivity index (χ0v) is 19.4. The molecule has 0 aliphatic carbocycles. The van der Waals surface area contributed by atoms with E-state index >= 15 is 0 Å². The van der Waals surface area contributed by atoms with Crippen LogP contribution < -0.4 is 10.7 Å². The van der Waals surface area contributed by atoms with Crippen molar-refractivity contribution in [3.05, 3.63) is 107 Å². The molecule has 3 aromatic carbocycles. The minimum Gasteiger partial charge on any atom is -0.322 e. The van der Waals surface area contributed by atoms with Crippen molar-refractivity contribution in [2.24, 2.45) is 5.10 Å². The third-order valence-corrected chi connectivity index (χ3v) is 5.11. The van der Waals surface area contributed by atoms with E-state index in [4.69, 9.17) is 0 Å². The first-order valence-corrected chi connectivity index (χ1v) is 10.8. The number of anilines is 1. The van der Waals surface area contributed by atoms with Crippen molar-refractivity contribution < 1.29 is 9.59 Å². The van der Waals surface area contributed by atoms with Gasteiger partial charge in [0, 0.05) is 17.3 Å². The number of hydrazone groups is 1. The summed E-state index contributed by atoms with van der Waals surface area (Å²) in [7, 11) is 0. The van der Waals surface area contributed by atoms with Gasteiger partial charge in [-0.2, -0.15) is 5.10 Å². The van der Waals surface area contributed by atoms with Crippen LogP contribution in [0.2, 0.25) is 0 Å². The number of carbonyl (C=O) groups excluding carboxylic acids is 2.